The third-order valence-electron chi connectivity index (χ3n) is 2.67. The second-order valence-electron chi connectivity index (χ2n) is 3.92. The summed E-state index contributed by atoms with van der Waals surface area (Å²) in [6.45, 7) is 3.43. The van der Waals surface area contributed by atoms with Crippen molar-refractivity contribution in [2.45, 2.75) is 32.2 Å². The van der Waals surface area contributed by atoms with Crippen LogP contribution in [0, 0.1) is 5.92 Å². The molecule has 1 N–H and O–H groups in total. The first kappa shape index (κ1) is 9.22. The highest BCUT2D eigenvalue weighted by atomic mass is 32.1. The third-order valence-corrected chi connectivity index (χ3v) is 3.73. The van der Waals surface area contributed by atoms with E-state index < -0.39 is 0 Å². The zero-order chi connectivity index (χ0) is 9.10. The summed E-state index contributed by atoms with van der Waals surface area (Å²) >= 11 is 1.84. The molecule has 0 amide bonds. The van der Waals surface area contributed by atoms with Crippen molar-refractivity contribution >= 4 is 11.3 Å². The van der Waals surface area contributed by atoms with Crippen molar-refractivity contribution in [3.63, 3.8) is 0 Å². The van der Waals surface area contributed by atoms with Gasteiger partial charge in [0.2, 0.25) is 0 Å². The summed E-state index contributed by atoms with van der Waals surface area (Å²) in [5, 5.41) is 5.71. The molecule has 1 aliphatic rings. The van der Waals surface area contributed by atoms with Gasteiger partial charge in [-0.2, -0.15) is 0 Å². The fraction of sp³-hybridized carbons (Fsp3) is 0.636. The molecule has 1 nitrogen and oxygen atoms in total. The topological polar surface area (TPSA) is 12.0 Å². The van der Waals surface area contributed by atoms with Crippen LogP contribution in [-0.2, 0) is 0 Å². The van der Waals surface area contributed by atoms with Gasteiger partial charge >= 0.3 is 0 Å². The van der Waals surface area contributed by atoms with Crippen LogP contribution >= 0.6 is 11.3 Å². The molecule has 0 unspecified atom stereocenters. The van der Waals surface area contributed by atoms with Crippen molar-refractivity contribution in [3.05, 3.63) is 22.4 Å². The summed E-state index contributed by atoms with van der Waals surface area (Å²) in [6, 6.07) is 4.87. The third kappa shape index (κ3) is 2.82. The van der Waals surface area contributed by atoms with Crippen LogP contribution < -0.4 is 5.32 Å². The van der Waals surface area contributed by atoms with Gasteiger partial charge in [0.1, 0.15) is 0 Å². The predicted molar refractivity (Wildman–Crippen MR) is 58.1 cm³/mol. The van der Waals surface area contributed by atoms with E-state index in [-0.39, 0.29) is 0 Å². The van der Waals surface area contributed by atoms with E-state index in [0.29, 0.717) is 6.04 Å². The van der Waals surface area contributed by atoms with E-state index in [0.717, 1.165) is 5.92 Å². The van der Waals surface area contributed by atoms with Crippen LogP contribution in [0.15, 0.2) is 17.5 Å². The molecular formula is C11H17NS. The first-order valence-corrected chi connectivity index (χ1v) is 6.01. The highest BCUT2D eigenvalue weighted by molar-refractivity contribution is 7.10. The molecule has 0 bridgehead atoms. The van der Waals surface area contributed by atoms with Crippen LogP contribution in [0.25, 0.3) is 0 Å². The molecule has 2 rings (SSSR count). The Morgan fingerprint density at radius 2 is 2.46 bits per heavy atom. The maximum absolute atomic E-state index is 3.57. The molecule has 1 heterocycles. The van der Waals surface area contributed by atoms with E-state index in [1.54, 1.807) is 0 Å². The molecule has 1 aromatic heterocycles. The minimum atomic E-state index is 0.541. The predicted octanol–water partition coefficient (Wildman–Crippen LogP) is 3.20. The van der Waals surface area contributed by atoms with Crippen molar-refractivity contribution in [2.24, 2.45) is 5.92 Å². The Morgan fingerprint density at radius 1 is 1.62 bits per heavy atom. The normalized spacial score (nSPS) is 18.8. The van der Waals surface area contributed by atoms with Gasteiger partial charge in [0.15, 0.2) is 0 Å². The Labute approximate surface area is 84.2 Å². The summed E-state index contributed by atoms with van der Waals surface area (Å²) in [7, 11) is 0. The molecule has 1 aromatic rings. The summed E-state index contributed by atoms with van der Waals surface area (Å²) in [4.78, 5) is 1.45. The van der Waals surface area contributed by atoms with Crippen LogP contribution in [-0.4, -0.2) is 6.54 Å². The first-order chi connectivity index (χ1) is 6.36. The minimum Gasteiger partial charge on any atom is -0.309 e. The van der Waals surface area contributed by atoms with E-state index in [2.05, 4.69) is 29.8 Å². The van der Waals surface area contributed by atoms with Crippen LogP contribution in [0.5, 0.6) is 0 Å². The SMILES string of the molecule is C[C@H](NCCC1CC1)c1cccs1. The molecule has 0 saturated heterocycles. The fourth-order valence-corrected chi connectivity index (χ4v) is 2.31. The monoisotopic (exact) mass is 195 g/mol. The number of thiophene rings is 1. The van der Waals surface area contributed by atoms with Crippen molar-refractivity contribution in [3.8, 4) is 0 Å². The molecule has 1 fully saturated rings. The quantitative estimate of drug-likeness (QED) is 0.761. The molecule has 0 radical (unpaired) electrons. The Morgan fingerprint density at radius 3 is 3.08 bits per heavy atom. The summed E-state index contributed by atoms with van der Waals surface area (Å²) in [5.41, 5.74) is 0. The van der Waals surface area contributed by atoms with Gasteiger partial charge < -0.3 is 5.32 Å². The van der Waals surface area contributed by atoms with Gasteiger partial charge in [0, 0.05) is 10.9 Å². The van der Waals surface area contributed by atoms with E-state index in [1.807, 2.05) is 11.3 Å². The lowest BCUT2D eigenvalue weighted by Crippen LogP contribution is -2.19. The Bertz CT molecular complexity index is 239. The zero-order valence-corrected chi connectivity index (χ0v) is 8.94. The molecule has 1 saturated carbocycles. The Kier molecular flexibility index (Phi) is 3.01. The summed E-state index contributed by atoms with van der Waals surface area (Å²) in [6.07, 6.45) is 4.31. The summed E-state index contributed by atoms with van der Waals surface area (Å²) in [5.74, 6) is 1.04. The van der Waals surface area contributed by atoms with Crippen LogP contribution in [0.2, 0.25) is 0 Å². The molecule has 13 heavy (non-hydrogen) atoms. The van der Waals surface area contributed by atoms with E-state index in [9.17, 15) is 0 Å². The molecular weight excluding hydrogens is 178 g/mol. The zero-order valence-electron chi connectivity index (χ0n) is 8.12. The van der Waals surface area contributed by atoms with Gasteiger partial charge in [0.05, 0.1) is 0 Å². The second-order valence-corrected chi connectivity index (χ2v) is 4.90. The standard InChI is InChI=1S/C11H17NS/c1-9(11-3-2-8-13-11)12-7-6-10-4-5-10/h2-3,8-10,12H,4-7H2,1H3/t9-/m0/s1. The highest BCUT2D eigenvalue weighted by Crippen LogP contribution is 2.32. The van der Waals surface area contributed by atoms with Crippen LogP contribution in [0.3, 0.4) is 0 Å². The Balaban J connectivity index is 1.68. The van der Waals surface area contributed by atoms with Gasteiger partial charge in [-0.25, -0.2) is 0 Å². The molecule has 2 heteroatoms. The van der Waals surface area contributed by atoms with Gasteiger partial charge in [-0.1, -0.05) is 18.9 Å². The van der Waals surface area contributed by atoms with Gasteiger partial charge in [-0.05, 0) is 37.3 Å². The molecule has 0 aliphatic heterocycles. The van der Waals surface area contributed by atoms with Crippen LogP contribution in [0.1, 0.15) is 37.1 Å². The maximum Gasteiger partial charge on any atom is 0.0386 e. The van der Waals surface area contributed by atoms with Crippen molar-refractivity contribution in [2.75, 3.05) is 6.54 Å². The van der Waals surface area contributed by atoms with E-state index >= 15 is 0 Å². The lowest BCUT2D eigenvalue weighted by molar-refractivity contribution is 0.545. The fourth-order valence-electron chi connectivity index (χ4n) is 1.55. The number of hydrogen-bond acceptors (Lipinski definition) is 2. The smallest absolute Gasteiger partial charge is 0.0386 e. The minimum absolute atomic E-state index is 0.541. The first-order valence-electron chi connectivity index (χ1n) is 5.13. The number of rotatable bonds is 5. The lowest BCUT2D eigenvalue weighted by Gasteiger charge is -2.11. The van der Waals surface area contributed by atoms with Gasteiger partial charge in [0.25, 0.3) is 0 Å². The van der Waals surface area contributed by atoms with Gasteiger partial charge in [-0.15, -0.1) is 11.3 Å². The average Bonchev–Trinajstić information content (AvgIpc) is 2.80. The number of hydrogen-bond donors (Lipinski definition) is 1. The Hall–Kier alpha value is -0.340. The largest absolute Gasteiger partial charge is 0.309 e. The number of nitrogens with one attached hydrogen (secondary N) is 1. The van der Waals surface area contributed by atoms with Crippen molar-refractivity contribution in [1.29, 1.82) is 0 Å². The van der Waals surface area contributed by atoms with Gasteiger partial charge in [-0.3, -0.25) is 0 Å². The molecule has 1 aliphatic carbocycles. The molecule has 0 aromatic carbocycles. The molecule has 72 valence electrons. The second kappa shape index (κ2) is 4.25. The maximum atomic E-state index is 3.57. The van der Waals surface area contributed by atoms with Crippen molar-refractivity contribution in [1.82, 2.24) is 5.32 Å². The van der Waals surface area contributed by atoms with E-state index in [1.165, 1.54) is 30.7 Å². The molecule has 0 spiro atoms. The van der Waals surface area contributed by atoms with E-state index in [4.69, 9.17) is 0 Å². The average molecular weight is 195 g/mol. The summed E-state index contributed by atoms with van der Waals surface area (Å²) < 4.78 is 0. The highest BCUT2D eigenvalue weighted by Gasteiger charge is 2.20. The molecule has 1 atom stereocenters. The lowest BCUT2D eigenvalue weighted by atomic mass is 10.2. The van der Waals surface area contributed by atoms with Crippen molar-refractivity contribution < 1.29 is 0 Å². The van der Waals surface area contributed by atoms with Crippen LogP contribution in [0.4, 0.5) is 0 Å².